The van der Waals surface area contributed by atoms with E-state index >= 15 is 0 Å². The summed E-state index contributed by atoms with van der Waals surface area (Å²) in [5, 5.41) is 0. The number of anilines is 1. The van der Waals surface area contributed by atoms with Gasteiger partial charge in [-0.25, -0.2) is 14.4 Å². The molecular weight excluding hydrogens is 319 g/mol. The number of aromatic nitrogens is 2. The second-order valence-corrected chi connectivity index (χ2v) is 6.85. The molecule has 1 aromatic heterocycles. The first-order valence-electron chi connectivity index (χ1n) is 8.82. The maximum absolute atomic E-state index is 13.7. The summed E-state index contributed by atoms with van der Waals surface area (Å²) in [6, 6.07) is 6.25. The molecule has 1 aliphatic heterocycles. The average Bonchev–Trinajstić information content (AvgIpc) is 3.02. The summed E-state index contributed by atoms with van der Waals surface area (Å²) in [4.78, 5) is 23.3. The van der Waals surface area contributed by atoms with Crippen LogP contribution in [0.5, 0.6) is 0 Å². The molecule has 1 saturated heterocycles. The molecular formula is C19H21FN4O. The van der Waals surface area contributed by atoms with E-state index in [1.54, 1.807) is 12.3 Å². The Morgan fingerprint density at radius 1 is 1.24 bits per heavy atom. The Morgan fingerprint density at radius 2 is 2.08 bits per heavy atom. The molecule has 2 fully saturated rings. The minimum absolute atomic E-state index is 0.114. The highest BCUT2D eigenvalue weighted by atomic mass is 19.1. The predicted molar refractivity (Wildman–Crippen MR) is 92.9 cm³/mol. The Kier molecular flexibility index (Phi) is 4.11. The van der Waals surface area contributed by atoms with Crippen molar-refractivity contribution in [1.82, 2.24) is 14.9 Å². The van der Waals surface area contributed by atoms with E-state index in [-0.39, 0.29) is 29.6 Å². The summed E-state index contributed by atoms with van der Waals surface area (Å²) >= 11 is 0. The number of carbonyl (C=O) groups excluding carboxylic acids is 1. The topological polar surface area (TPSA) is 72.1 Å². The number of carbonyl (C=O) groups is 1. The number of nitrogens with zero attached hydrogens (tertiary/aromatic N) is 3. The second-order valence-electron chi connectivity index (χ2n) is 6.85. The third kappa shape index (κ3) is 2.97. The molecule has 1 unspecified atom stereocenters. The number of amides is 1. The SMILES string of the molecule is Nc1ncc(-c2cccc(F)c2)c(C2CCCN2C(=O)C2CCC2)n1. The Balaban J connectivity index is 1.73. The molecule has 1 aliphatic carbocycles. The van der Waals surface area contributed by atoms with Crippen molar-refractivity contribution in [3.8, 4) is 11.1 Å². The van der Waals surface area contributed by atoms with E-state index in [0.29, 0.717) is 5.56 Å². The van der Waals surface area contributed by atoms with Gasteiger partial charge in [-0.1, -0.05) is 18.6 Å². The highest BCUT2D eigenvalue weighted by Crippen LogP contribution is 2.39. The Labute approximate surface area is 146 Å². The van der Waals surface area contributed by atoms with Gasteiger partial charge in [0.1, 0.15) is 5.82 Å². The summed E-state index contributed by atoms with van der Waals surface area (Å²) in [7, 11) is 0. The van der Waals surface area contributed by atoms with Crippen molar-refractivity contribution in [1.29, 1.82) is 0 Å². The van der Waals surface area contributed by atoms with E-state index in [9.17, 15) is 9.18 Å². The third-order valence-corrected chi connectivity index (χ3v) is 5.28. The standard InChI is InChI=1S/C19H21FN4O/c20-14-7-2-6-13(10-14)15-11-22-19(21)23-17(15)16-8-3-9-24(16)18(25)12-4-1-5-12/h2,6-7,10-12,16H,1,3-5,8-9H2,(H2,21,22,23). The van der Waals surface area contributed by atoms with Crippen molar-refractivity contribution in [2.24, 2.45) is 5.92 Å². The van der Waals surface area contributed by atoms with Crippen LogP contribution in [0.2, 0.25) is 0 Å². The number of halogens is 1. The summed E-state index contributed by atoms with van der Waals surface area (Å²) in [6.45, 7) is 0.743. The fraction of sp³-hybridized carbons (Fsp3) is 0.421. The van der Waals surface area contributed by atoms with Gasteiger partial charge in [-0.2, -0.15) is 0 Å². The van der Waals surface area contributed by atoms with Gasteiger partial charge >= 0.3 is 0 Å². The van der Waals surface area contributed by atoms with Gasteiger partial charge in [0.25, 0.3) is 0 Å². The summed E-state index contributed by atoms with van der Waals surface area (Å²) < 4.78 is 13.7. The number of rotatable bonds is 3. The molecule has 1 aromatic carbocycles. The molecule has 1 saturated carbocycles. The van der Waals surface area contributed by atoms with Crippen LogP contribution in [0.1, 0.15) is 43.8 Å². The molecule has 4 rings (SSSR count). The lowest BCUT2D eigenvalue weighted by molar-refractivity contribution is -0.139. The zero-order valence-electron chi connectivity index (χ0n) is 14.0. The molecule has 2 N–H and O–H groups in total. The highest BCUT2D eigenvalue weighted by Gasteiger charge is 2.37. The molecule has 1 atom stereocenters. The van der Waals surface area contributed by atoms with Crippen LogP contribution in [0.3, 0.4) is 0 Å². The van der Waals surface area contributed by atoms with Crippen molar-refractivity contribution < 1.29 is 9.18 Å². The third-order valence-electron chi connectivity index (χ3n) is 5.28. The van der Waals surface area contributed by atoms with Crippen molar-refractivity contribution in [3.63, 3.8) is 0 Å². The molecule has 0 spiro atoms. The predicted octanol–water partition coefficient (Wildman–Crippen LogP) is 3.33. The van der Waals surface area contributed by atoms with Crippen LogP contribution >= 0.6 is 0 Å². The minimum atomic E-state index is -0.311. The van der Waals surface area contributed by atoms with Gasteiger partial charge < -0.3 is 10.6 Å². The first-order valence-corrected chi connectivity index (χ1v) is 8.82. The van der Waals surface area contributed by atoms with Gasteiger partial charge in [-0.05, 0) is 43.4 Å². The number of benzene rings is 1. The van der Waals surface area contributed by atoms with Crippen LogP contribution in [0, 0.1) is 11.7 Å². The van der Waals surface area contributed by atoms with Crippen LogP contribution in [-0.2, 0) is 4.79 Å². The van der Waals surface area contributed by atoms with Crippen LogP contribution in [0.4, 0.5) is 10.3 Å². The van der Waals surface area contributed by atoms with E-state index in [2.05, 4.69) is 9.97 Å². The van der Waals surface area contributed by atoms with Gasteiger partial charge in [0.2, 0.25) is 11.9 Å². The summed E-state index contributed by atoms with van der Waals surface area (Å²) in [6.07, 6.45) is 6.50. The van der Waals surface area contributed by atoms with Crippen molar-refractivity contribution in [2.75, 3.05) is 12.3 Å². The van der Waals surface area contributed by atoms with E-state index < -0.39 is 0 Å². The Bertz CT molecular complexity index is 806. The number of likely N-dealkylation sites (tertiary alicyclic amines) is 1. The molecule has 130 valence electrons. The van der Waals surface area contributed by atoms with Gasteiger partial charge in [0.05, 0.1) is 11.7 Å². The molecule has 25 heavy (non-hydrogen) atoms. The second kappa shape index (κ2) is 6.43. The molecule has 5 nitrogen and oxygen atoms in total. The Morgan fingerprint density at radius 3 is 2.80 bits per heavy atom. The molecule has 0 bridgehead atoms. The van der Waals surface area contributed by atoms with E-state index in [4.69, 9.17) is 5.73 Å². The van der Waals surface area contributed by atoms with Crippen molar-refractivity contribution >= 4 is 11.9 Å². The zero-order chi connectivity index (χ0) is 17.4. The van der Waals surface area contributed by atoms with Crippen molar-refractivity contribution in [2.45, 2.75) is 38.1 Å². The van der Waals surface area contributed by atoms with E-state index in [1.165, 1.54) is 12.1 Å². The highest BCUT2D eigenvalue weighted by molar-refractivity contribution is 5.81. The van der Waals surface area contributed by atoms with Gasteiger partial charge in [-0.3, -0.25) is 4.79 Å². The molecule has 2 aromatic rings. The maximum Gasteiger partial charge on any atom is 0.226 e. The fourth-order valence-electron chi connectivity index (χ4n) is 3.75. The summed E-state index contributed by atoms with van der Waals surface area (Å²) in [5.41, 5.74) is 8.00. The molecule has 0 radical (unpaired) electrons. The number of hydrogen-bond acceptors (Lipinski definition) is 4. The monoisotopic (exact) mass is 340 g/mol. The maximum atomic E-state index is 13.7. The Hall–Kier alpha value is -2.50. The molecule has 2 heterocycles. The van der Waals surface area contributed by atoms with Crippen LogP contribution in [0.25, 0.3) is 11.1 Å². The average molecular weight is 340 g/mol. The van der Waals surface area contributed by atoms with Gasteiger partial charge in [0.15, 0.2) is 0 Å². The quantitative estimate of drug-likeness (QED) is 0.930. The lowest BCUT2D eigenvalue weighted by Gasteiger charge is -2.33. The normalized spacial score (nSPS) is 20.5. The number of hydrogen-bond donors (Lipinski definition) is 1. The first kappa shape index (κ1) is 16.0. The first-order chi connectivity index (χ1) is 12.1. The summed E-state index contributed by atoms with van der Waals surface area (Å²) in [5.74, 6) is 0.237. The van der Waals surface area contributed by atoms with Crippen LogP contribution < -0.4 is 5.73 Å². The largest absolute Gasteiger partial charge is 0.368 e. The van der Waals surface area contributed by atoms with E-state index in [1.807, 2.05) is 11.0 Å². The molecule has 1 amide bonds. The van der Waals surface area contributed by atoms with Crippen LogP contribution in [0.15, 0.2) is 30.5 Å². The van der Waals surface area contributed by atoms with Gasteiger partial charge in [0, 0.05) is 24.2 Å². The lowest BCUT2D eigenvalue weighted by Crippen LogP contribution is -2.38. The minimum Gasteiger partial charge on any atom is -0.368 e. The molecule has 2 aliphatic rings. The smallest absolute Gasteiger partial charge is 0.226 e. The van der Waals surface area contributed by atoms with E-state index in [0.717, 1.165) is 49.9 Å². The fourth-order valence-corrected chi connectivity index (χ4v) is 3.75. The van der Waals surface area contributed by atoms with Gasteiger partial charge in [-0.15, -0.1) is 0 Å². The van der Waals surface area contributed by atoms with Crippen molar-refractivity contribution in [3.05, 3.63) is 42.0 Å². The molecule has 6 heteroatoms. The number of nitrogens with two attached hydrogens (primary N) is 1. The van der Waals surface area contributed by atoms with Crippen LogP contribution in [-0.4, -0.2) is 27.3 Å². The zero-order valence-corrected chi connectivity index (χ0v) is 14.0. The number of nitrogen functional groups attached to an aromatic ring is 1. The lowest BCUT2D eigenvalue weighted by atomic mass is 9.84.